The lowest BCUT2D eigenvalue weighted by Crippen LogP contribution is -2.14. The first-order chi connectivity index (χ1) is 13.8. The highest BCUT2D eigenvalue weighted by atomic mass is 79.9. The molecule has 0 radical (unpaired) electrons. The van der Waals surface area contributed by atoms with E-state index >= 15 is 0 Å². The number of aromatic carboxylic acids is 1. The van der Waals surface area contributed by atoms with Gasteiger partial charge in [0.05, 0.1) is 11.1 Å². The number of halogens is 8. The van der Waals surface area contributed by atoms with E-state index in [1.165, 1.54) is 0 Å². The monoisotopic (exact) mass is 499 g/mol. The molecule has 4 nitrogen and oxygen atoms in total. The van der Waals surface area contributed by atoms with Gasteiger partial charge in [0.2, 0.25) is 5.76 Å². The maximum absolute atomic E-state index is 14.2. The van der Waals surface area contributed by atoms with Crippen molar-refractivity contribution >= 4 is 38.6 Å². The molecule has 160 valence electrons. The van der Waals surface area contributed by atoms with Gasteiger partial charge in [-0.25, -0.2) is 9.18 Å². The molecule has 0 fully saturated rings. The third-order valence-corrected chi connectivity index (χ3v) is 4.92. The first kappa shape index (κ1) is 21.9. The van der Waals surface area contributed by atoms with Crippen LogP contribution < -0.4 is 5.32 Å². The van der Waals surface area contributed by atoms with Crippen molar-refractivity contribution in [2.45, 2.75) is 18.9 Å². The predicted molar refractivity (Wildman–Crippen MR) is 94.6 cm³/mol. The number of furan rings is 1. The normalized spacial score (nSPS) is 12.4. The van der Waals surface area contributed by atoms with E-state index in [1.807, 2.05) is 0 Å². The molecule has 0 aliphatic carbocycles. The molecule has 0 spiro atoms. The quantitative estimate of drug-likeness (QED) is 0.393. The van der Waals surface area contributed by atoms with E-state index in [9.17, 15) is 35.5 Å². The van der Waals surface area contributed by atoms with Gasteiger partial charge in [0, 0.05) is 27.7 Å². The Bertz CT molecular complexity index is 1100. The van der Waals surface area contributed by atoms with Gasteiger partial charge in [0.25, 0.3) is 0 Å². The summed E-state index contributed by atoms with van der Waals surface area (Å²) in [5.41, 5.74) is -3.80. The standard InChI is InChI=1S/C18H9BrF7NO3/c19-15-10(17(21,22)23)4-9(5-11(15)18(24,25)26)27-6-8-3-13-7(1-12(8)20)2-14(30-13)16(28)29/h1-5,27H,6H2,(H,28,29). The van der Waals surface area contributed by atoms with Crippen molar-refractivity contribution in [3.8, 4) is 0 Å². The average molecular weight is 500 g/mol. The van der Waals surface area contributed by atoms with Crippen LogP contribution in [0.15, 0.2) is 39.2 Å². The number of benzene rings is 2. The largest absolute Gasteiger partial charge is 0.475 e. The Morgan fingerprint density at radius 2 is 1.57 bits per heavy atom. The first-order valence-electron chi connectivity index (χ1n) is 7.94. The number of carbonyl (C=O) groups is 1. The fraction of sp³-hybridized carbons (Fsp3) is 0.167. The van der Waals surface area contributed by atoms with E-state index in [4.69, 9.17) is 9.52 Å². The SMILES string of the molecule is O=C(O)c1cc2cc(F)c(CNc3cc(C(F)(F)F)c(Br)c(C(F)(F)F)c3)cc2o1. The van der Waals surface area contributed by atoms with E-state index in [2.05, 4.69) is 21.2 Å². The summed E-state index contributed by atoms with van der Waals surface area (Å²) in [5.74, 6) is -2.69. The molecule has 12 heteroatoms. The second kappa shape index (κ2) is 7.49. The Morgan fingerprint density at radius 3 is 2.07 bits per heavy atom. The van der Waals surface area contributed by atoms with Gasteiger partial charge in [-0.15, -0.1) is 0 Å². The van der Waals surface area contributed by atoms with Gasteiger partial charge in [-0.1, -0.05) is 0 Å². The lowest BCUT2D eigenvalue weighted by atomic mass is 10.1. The van der Waals surface area contributed by atoms with Crippen molar-refractivity contribution in [1.29, 1.82) is 0 Å². The van der Waals surface area contributed by atoms with Crippen LogP contribution >= 0.6 is 15.9 Å². The van der Waals surface area contributed by atoms with Crippen molar-refractivity contribution in [2.24, 2.45) is 0 Å². The highest BCUT2D eigenvalue weighted by Crippen LogP contribution is 2.44. The minimum absolute atomic E-state index is 0.00614. The van der Waals surface area contributed by atoms with Crippen LogP contribution in [0.4, 0.5) is 36.4 Å². The molecule has 3 rings (SSSR count). The molecule has 0 amide bonds. The van der Waals surface area contributed by atoms with Gasteiger partial charge in [-0.2, -0.15) is 26.3 Å². The van der Waals surface area contributed by atoms with Crippen LogP contribution in [0.2, 0.25) is 0 Å². The van der Waals surface area contributed by atoms with Gasteiger partial charge in [0.1, 0.15) is 11.4 Å². The van der Waals surface area contributed by atoms with Crippen molar-refractivity contribution in [3.05, 3.63) is 63.1 Å². The van der Waals surface area contributed by atoms with Crippen molar-refractivity contribution in [1.82, 2.24) is 0 Å². The molecule has 2 aromatic carbocycles. The smallest absolute Gasteiger partial charge is 0.417 e. The number of fused-ring (bicyclic) bond motifs is 1. The number of alkyl halides is 6. The second-order valence-electron chi connectivity index (χ2n) is 6.13. The fourth-order valence-electron chi connectivity index (χ4n) is 2.68. The Morgan fingerprint density at radius 1 is 1.00 bits per heavy atom. The number of hydrogen-bond acceptors (Lipinski definition) is 3. The van der Waals surface area contributed by atoms with E-state index in [0.29, 0.717) is 12.1 Å². The summed E-state index contributed by atoms with van der Waals surface area (Å²) in [7, 11) is 0. The number of hydrogen-bond donors (Lipinski definition) is 2. The molecule has 0 aliphatic rings. The van der Waals surface area contributed by atoms with Crippen LogP contribution in [0, 0.1) is 5.82 Å². The Kier molecular flexibility index (Phi) is 5.48. The van der Waals surface area contributed by atoms with Crippen LogP contribution in [0.1, 0.15) is 27.2 Å². The summed E-state index contributed by atoms with van der Waals surface area (Å²) in [4.78, 5) is 10.9. The Hall–Kier alpha value is -2.76. The highest BCUT2D eigenvalue weighted by molar-refractivity contribution is 9.10. The number of nitrogens with one attached hydrogen (secondary N) is 1. The number of rotatable bonds is 4. The van der Waals surface area contributed by atoms with Gasteiger partial charge in [-0.3, -0.25) is 0 Å². The van der Waals surface area contributed by atoms with Crippen LogP contribution in [-0.2, 0) is 18.9 Å². The third-order valence-electron chi connectivity index (χ3n) is 4.06. The summed E-state index contributed by atoms with van der Waals surface area (Å²) in [6.45, 7) is -0.485. The summed E-state index contributed by atoms with van der Waals surface area (Å²) in [6.07, 6.45) is -10.1. The van der Waals surface area contributed by atoms with Crippen LogP contribution in [-0.4, -0.2) is 11.1 Å². The average Bonchev–Trinajstić information content (AvgIpc) is 3.01. The Balaban J connectivity index is 1.97. The maximum Gasteiger partial charge on any atom is 0.417 e. The maximum atomic E-state index is 14.2. The number of anilines is 1. The zero-order valence-corrected chi connectivity index (χ0v) is 16.0. The molecular weight excluding hydrogens is 491 g/mol. The molecule has 0 saturated heterocycles. The first-order valence-corrected chi connectivity index (χ1v) is 8.73. The van der Waals surface area contributed by atoms with E-state index in [-0.39, 0.29) is 16.5 Å². The third kappa shape index (κ3) is 4.37. The lowest BCUT2D eigenvalue weighted by Gasteiger charge is -2.18. The number of carboxylic acid groups (broad SMARTS) is 1. The van der Waals surface area contributed by atoms with Gasteiger partial charge < -0.3 is 14.8 Å². The Labute approximate surface area is 171 Å². The molecule has 30 heavy (non-hydrogen) atoms. The molecule has 0 saturated carbocycles. The molecular formula is C18H9BrF7NO3. The van der Waals surface area contributed by atoms with E-state index in [1.54, 1.807) is 0 Å². The second-order valence-corrected chi connectivity index (χ2v) is 6.92. The van der Waals surface area contributed by atoms with Crippen molar-refractivity contribution in [3.63, 3.8) is 0 Å². The predicted octanol–water partition coefficient (Wildman–Crippen LogP) is 6.68. The summed E-state index contributed by atoms with van der Waals surface area (Å²) < 4.78 is 96.8. The van der Waals surface area contributed by atoms with Crippen LogP contribution in [0.5, 0.6) is 0 Å². The topological polar surface area (TPSA) is 62.5 Å². The molecule has 3 aromatic rings. The number of carboxylic acids is 1. The van der Waals surface area contributed by atoms with Crippen LogP contribution in [0.3, 0.4) is 0 Å². The molecule has 0 aliphatic heterocycles. The minimum Gasteiger partial charge on any atom is -0.475 e. The van der Waals surface area contributed by atoms with Gasteiger partial charge >= 0.3 is 18.3 Å². The van der Waals surface area contributed by atoms with Crippen molar-refractivity contribution in [2.75, 3.05) is 5.32 Å². The highest BCUT2D eigenvalue weighted by Gasteiger charge is 2.40. The van der Waals surface area contributed by atoms with E-state index < -0.39 is 57.7 Å². The van der Waals surface area contributed by atoms with Crippen LogP contribution in [0.25, 0.3) is 11.0 Å². The molecule has 0 atom stereocenters. The molecule has 0 bridgehead atoms. The van der Waals surface area contributed by atoms with Gasteiger partial charge in [0.15, 0.2) is 0 Å². The molecule has 1 heterocycles. The fourth-order valence-corrected chi connectivity index (χ4v) is 3.36. The molecule has 1 aromatic heterocycles. The minimum atomic E-state index is -5.07. The summed E-state index contributed by atoms with van der Waals surface area (Å²) >= 11 is 2.35. The molecule has 2 N–H and O–H groups in total. The zero-order valence-electron chi connectivity index (χ0n) is 14.4. The van der Waals surface area contributed by atoms with Crippen molar-refractivity contribution < 1.29 is 45.1 Å². The molecule has 0 unspecified atom stereocenters. The summed E-state index contributed by atoms with van der Waals surface area (Å²) in [6, 6.07) is 4.07. The van der Waals surface area contributed by atoms with Gasteiger partial charge in [-0.05, 0) is 46.3 Å². The lowest BCUT2D eigenvalue weighted by molar-refractivity contribution is -0.144. The summed E-state index contributed by atoms with van der Waals surface area (Å²) in [5, 5.41) is 11.4. The van der Waals surface area contributed by atoms with E-state index in [0.717, 1.165) is 18.2 Å². The zero-order chi connectivity index (χ0) is 22.4.